The Morgan fingerprint density at radius 3 is 3.00 bits per heavy atom. The Morgan fingerprint density at radius 1 is 1.62 bits per heavy atom. The van der Waals surface area contributed by atoms with Crippen LogP contribution < -0.4 is 0 Å². The highest BCUT2D eigenvalue weighted by atomic mass is 32.2. The van der Waals surface area contributed by atoms with Gasteiger partial charge in [0.15, 0.2) is 0 Å². The fraction of sp³-hybridized carbons (Fsp3) is 0.222. The van der Waals surface area contributed by atoms with E-state index < -0.39 is 0 Å². The maximum atomic E-state index is 9.91. The van der Waals surface area contributed by atoms with E-state index in [1.165, 1.54) is 17.8 Å². The van der Waals surface area contributed by atoms with Crippen LogP contribution in [0.3, 0.4) is 0 Å². The molecule has 68 valence electrons. The van der Waals surface area contributed by atoms with Crippen molar-refractivity contribution < 1.29 is 9.90 Å². The Bertz CT molecular complexity index is 345. The van der Waals surface area contributed by atoms with Crippen LogP contribution in [0.25, 0.3) is 0 Å². The Labute approximate surface area is 80.5 Å². The van der Waals surface area contributed by atoms with Crippen molar-refractivity contribution in [3.05, 3.63) is 23.8 Å². The minimum absolute atomic E-state index is 0.172. The Kier molecular flexibility index (Phi) is 3.55. The highest BCUT2D eigenvalue weighted by Crippen LogP contribution is 2.28. The van der Waals surface area contributed by atoms with Gasteiger partial charge in [-0.15, -0.1) is 11.8 Å². The summed E-state index contributed by atoms with van der Waals surface area (Å²) < 4.78 is 0. The van der Waals surface area contributed by atoms with Gasteiger partial charge in [0.25, 0.3) is 0 Å². The minimum atomic E-state index is 0.172. The molecule has 0 saturated carbocycles. The first-order valence-electron chi connectivity index (χ1n) is 3.68. The van der Waals surface area contributed by atoms with Crippen LogP contribution >= 0.6 is 11.8 Å². The van der Waals surface area contributed by atoms with E-state index in [1.54, 1.807) is 12.1 Å². The van der Waals surface area contributed by atoms with Crippen molar-refractivity contribution in [3.63, 3.8) is 0 Å². The maximum absolute atomic E-state index is 9.91. The lowest BCUT2D eigenvalue weighted by atomic mass is 10.2. The van der Waals surface area contributed by atoms with Crippen molar-refractivity contribution in [2.24, 2.45) is 4.99 Å². The molecule has 0 radical (unpaired) electrons. The first-order valence-corrected chi connectivity index (χ1v) is 4.90. The van der Waals surface area contributed by atoms with Crippen LogP contribution in [0.15, 0.2) is 28.1 Å². The summed E-state index contributed by atoms with van der Waals surface area (Å²) in [6.07, 6.45) is 3.35. The van der Waals surface area contributed by atoms with Crippen LogP contribution in [0.5, 0.6) is 5.75 Å². The van der Waals surface area contributed by atoms with E-state index in [2.05, 4.69) is 4.99 Å². The third kappa shape index (κ3) is 2.34. The van der Waals surface area contributed by atoms with Crippen LogP contribution in [0.1, 0.15) is 5.56 Å². The summed E-state index contributed by atoms with van der Waals surface area (Å²) in [6.45, 7) is 0.187. The van der Waals surface area contributed by atoms with Crippen molar-refractivity contribution in [1.82, 2.24) is 0 Å². The highest BCUT2D eigenvalue weighted by molar-refractivity contribution is 7.98. The largest absolute Gasteiger partial charge is 0.508 e. The molecule has 13 heavy (non-hydrogen) atoms. The van der Waals surface area contributed by atoms with E-state index in [9.17, 15) is 9.90 Å². The monoisotopic (exact) mass is 195 g/mol. The highest BCUT2D eigenvalue weighted by Gasteiger charge is 2.05. The molecule has 1 aromatic carbocycles. The smallest absolute Gasteiger partial charge is 0.235 e. The SMILES string of the molecule is CSc1cccc(O)c1CN=C=O. The lowest BCUT2D eigenvalue weighted by Gasteiger charge is -2.05. The summed E-state index contributed by atoms with van der Waals surface area (Å²) in [7, 11) is 0. The Morgan fingerprint density at radius 2 is 2.38 bits per heavy atom. The molecule has 0 spiro atoms. The summed E-state index contributed by atoms with van der Waals surface area (Å²) >= 11 is 1.51. The average Bonchev–Trinajstić information content (AvgIpc) is 2.15. The van der Waals surface area contributed by atoms with E-state index >= 15 is 0 Å². The second kappa shape index (κ2) is 4.70. The van der Waals surface area contributed by atoms with Gasteiger partial charge in [0.05, 0.1) is 6.54 Å². The summed E-state index contributed by atoms with van der Waals surface area (Å²) in [5.74, 6) is 0.172. The van der Waals surface area contributed by atoms with Crippen molar-refractivity contribution in [2.75, 3.05) is 6.26 Å². The number of hydrogen-bond donors (Lipinski definition) is 1. The molecule has 0 aromatic heterocycles. The lowest BCUT2D eigenvalue weighted by Crippen LogP contribution is -1.86. The van der Waals surface area contributed by atoms with Crippen LogP contribution in [-0.4, -0.2) is 17.4 Å². The molecule has 3 nitrogen and oxygen atoms in total. The minimum Gasteiger partial charge on any atom is -0.508 e. The summed E-state index contributed by atoms with van der Waals surface area (Å²) in [6, 6.07) is 5.21. The summed E-state index contributed by atoms with van der Waals surface area (Å²) in [5.41, 5.74) is 0.679. The molecular formula is C9H9NO2S. The van der Waals surface area contributed by atoms with Gasteiger partial charge in [0.1, 0.15) is 5.75 Å². The molecule has 0 aliphatic carbocycles. The number of aliphatic imine (C=N–C) groups is 1. The molecule has 4 heteroatoms. The number of hydrogen-bond acceptors (Lipinski definition) is 4. The molecule has 0 aliphatic heterocycles. The van der Waals surface area contributed by atoms with Crippen molar-refractivity contribution in [2.45, 2.75) is 11.4 Å². The quantitative estimate of drug-likeness (QED) is 0.455. The van der Waals surface area contributed by atoms with Crippen LogP contribution in [0.2, 0.25) is 0 Å². The van der Waals surface area contributed by atoms with E-state index in [0.29, 0.717) is 5.56 Å². The maximum Gasteiger partial charge on any atom is 0.235 e. The summed E-state index contributed by atoms with van der Waals surface area (Å²) in [4.78, 5) is 14.3. The number of rotatable bonds is 3. The topological polar surface area (TPSA) is 49.7 Å². The molecule has 0 amide bonds. The van der Waals surface area contributed by atoms with Gasteiger partial charge in [-0.1, -0.05) is 6.07 Å². The van der Waals surface area contributed by atoms with Crippen LogP contribution in [0, 0.1) is 0 Å². The third-order valence-corrected chi connectivity index (χ3v) is 2.45. The molecule has 1 rings (SSSR count). The molecule has 1 aromatic rings. The molecule has 0 saturated heterocycles. The van der Waals surface area contributed by atoms with Crippen LogP contribution in [0.4, 0.5) is 0 Å². The number of carbonyl (C=O) groups excluding carboxylic acids is 1. The number of nitrogens with zero attached hydrogens (tertiary/aromatic N) is 1. The number of phenolic OH excluding ortho intramolecular Hbond substituents is 1. The Balaban J connectivity index is 3.06. The molecule has 0 fully saturated rings. The van der Waals surface area contributed by atoms with Crippen molar-refractivity contribution in [1.29, 1.82) is 0 Å². The molecule has 1 N–H and O–H groups in total. The van der Waals surface area contributed by atoms with Gasteiger partial charge in [0.2, 0.25) is 6.08 Å². The zero-order valence-corrected chi connectivity index (χ0v) is 7.97. The second-order valence-corrected chi connectivity index (χ2v) is 3.21. The summed E-state index contributed by atoms with van der Waals surface area (Å²) in [5, 5.41) is 9.45. The van der Waals surface area contributed by atoms with Gasteiger partial charge in [-0.25, -0.2) is 9.79 Å². The fourth-order valence-electron chi connectivity index (χ4n) is 1.02. The molecule has 0 unspecified atom stereocenters. The standard InChI is InChI=1S/C9H9NO2S/c1-13-9-4-2-3-8(12)7(9)5-10-6-11/h2-4,12H,5H2,1H3. The Hall–Kier alpha value is -1.25. The normalized spacial score (nSPS) is 9.31. The number of aromatic hydroxyl groups is 1. The van der Waals surface area contributed by atoms with Gasteiger partial charge in [-0.3, -0.25) is 0 Å². The first kappa shape index (κ1) is 9.84. The van der Waals surface area contributed by atoms with Crippen molar-refractivity contribution in [3.8, 4) is 5.75 Å². The number of phenols is 1. The van der Waals surface area contributed by atoms with Crippen molar-refractivity contribution >= 4 is 17.8 Å². The fourth-order valence-corrected chi connectivity index (χ4v) is 1.65. The van der Waals surface area contributed by atoms with Crippen LogP contribution in [-0.2, 0) is 11.3 Å². The van der Waals surface area contributed by atoms with Gasteiger partial charge < -0.3 is 5.11 Å². The molecule has 0 bridgehead atoms. The lowest BCUT2D eigenvalue weighted by molar-refractivity contribution is 0.466. The van der Waals surface area contributed by atoms with Gasteiger partial charge in [0, 0.05) is 10.5 Å². The van der Waals surface area contributed by atoms with E-state index in [0.717, 1.165) is 4.90 Å². The van der Waals surface area contributed by atoms with E-state index in [-0.39, 0.29) is 12.3 Å². The molecule has 0 atom stereocenters. The predicted molar refractivity (Wildman–Crippen MR) is 51.7 cm³/mol. The van der Waals surface area contributed by atoms with Gasteiger partial charge in [-0.2, -0.15) is 0 Å². The van der Waals surface area contributed by atoms with Gasteiger partial charge >= 0.3 is 0 Å². The van der Waals surface area contributed by atoms with Gasteiger partial charge in [-0.05, 0) is 18.4 Å². The second-order valence-electron chi connectivity index (χ2n) is 2.37. The number of thioether (sulfide) groups is 1. The zero-order valence-electron chi connectivity index (χ0n) is 7.15. The molecular weight excluding hydrogens is 186 g/mol. The van der Waals surface area contributed by atoms with E-state index in [4.69, 9.17) is 0 Å². The average molecular weight is 195 g/mol. The third-order valence-electron chi connectivity index (χ3n) is 1.63. The first-order chi connectivity index (χ1) is 6.29. The van der Waals surface area contributed by atoms with E-state index in [1.807, 2.05) is 12.3 Å². The predicted octanol–water partition coefficient (Wildman–Crippen LogP) is 1.95. The molecule has 0 heterocycles. The molecule has 0 aliphatic rings. The zero-order chi connectivity index (χ0) is 9.68. The number of isocyanates is 1. The number of benzene rings is 1.